The molecule has 134 valence electrons. The Hall–Kier alpha value is -3.20. The molecule has 3 heteroatoms. The number of hydrogen-bond acceptors (Lipinski definition) is 3. The van der Waals surface area contributed by atoms with Crippen LogP contribution in [0.5, 0.6) is 0 Å². The third-order valence-corrected chi connectivity index (χ3v) is 5.08. The van der Waals surface area contributed by atoms with E-state index in [1.807, 2.05) is 30.3 Å². The molecule has 0 aliphatic carbocycles. The van der Waals surface area contributed by atoms with Gasteiger partial charge in [0.1, 0.15) is 5.69 Å². The normalized spacial score (nSPS) is 11.4. The zero-order valence-corrected chi connectivity index (χ0v) is 15.4. The molecule has 27 heavy (non-hydrogen) atoms. The second-order valence-electron chi connectivity index (χ2n) is 6.70. The minimum atomic E-state index is -0.439. The molecule has 0 aliphatic heterocycles. The molecule has 0 aliphatic rings. The number of nitrogens with zero attached hydrogens (tertiary/aromatic N) is 2. The summed E-state index contributed by atoms with van der Waals surface area (Å²) in [7, 11) is 0. The van der Waals surface area contributed by atoms with Crippen molar-refractivity contribution in [3.63, 3.8) is 0 Å². The van der Waals surface area contributed by atoms with E-state index >= 15 is 0 Å². The molecular weight excluding hydrogens is 332 g/mol. The molecule has 0 bridgehead atoms. The Labute approximate surface area is 159 Å². The summed E-state index contributed by atoms with van der Waals surface area (Å²) in [5.41, 5.74) is 3.76. The van der Waals surface area contributed by atoms with E-state index < -0.39 is 5.41 Å². The summed E-state index contributed by atoms with van der Waals surface area (Å²) in [6.45, 7) is 2.20. The largest absolute Gasteiger partial charge is 0.340 e. The van der Waals surface area contributed by atoms with Gasteiger partial charge >= 0.3 is 0 Å². The highest BCUT2D eigenvalue weighted by molar-refractivity contribution is 5.65. The number of benzene rings is 3. The maximum Gasteiger partial charge on any atom is 0.180 e. The first-order valence-corrected chi connectivity index (χ1v) is 9.35. The Morgan fingerprint density at radius 1 is 0.741 bits per heavy atom. The average molecular weight is 354 g/mol. The fourth-order valence-electron chi connectivity index (χ4n) is 3.91. The van der Waals surface area contributed by atoms with E-state index in [2.05, 4.69) is 78.0 Å². The second kappa shape index (κ2) is 7.58. The lowest BCUT2D eigenvalue weighted by atomic mass is 9.68. The minimum Gasteiger partial charge on any atom is -0.340 e. The van der Waals surface area contributed by atoms with E-state index in [1.165, 1.54) is 11.1 Å². The maximum absolute atomic E-state index is 5.88. The quantitative estimate of drug-likeness (QED) is 0.434. The third-order valence-electron chi connectivity index (χ3n) is 5.08. The van der Waals surface area contributed by atoms with Crippen molar-refractivity contribution in [2.24, 2.45) is 0 Å². The van der Waals surface area contributed by atoms with Gasteiger partial charge in [0.05, 0.1) is 5.41 Å². The van der Waals surface area contributed by atoms with Crippen LogP contribution in [0.1, 0.15) is 36.7 Å². The van der Waals surface area contributed by atoms with Crippen LogP contribution in [0.3, 0.4) is 0 Å². The SMILES string of the molecule is CCCC(c1ccccc1)(c1ccccc1)c1onnc1-c1ccccc1. The highest BCUT2D eigenvalue weighted by Crippen LogP contribution is 2.45. The highest BCUT2D eigenvalue weighted by atomic mass is 16.5. The van der Waals surface area contributed by atoms with Crippen molar-refractivity contribution in [3.8, 4) is 11.3 Å². The monoisotopic (exact) mass is 354 g/mol. The van der Waals surface area contributed by atoms with Gasteiger partial charge in [0, 0.05) is 10.8 Å². The van der Waals surface area contributed by atoms with Crippen LogP contribution in [0.25, 0.3) is 11.3 Å². The lowest BCUT2D eigenvalue weighted by Gasteiger charge is -2.33. The molecule has 1 heterocycles. The fourth-order valence-corrected chi connectivity index (χ4v) is 3.91. The van der Waals surface area contributed by atoms with Gasteiger partial charge < -0.3 is 4.52 Å². The Morgan fingerprint density at radius 3 is 1.78 bits per heavy atom. The van der Waals surface area contributed by atoms with Crippen LogP contribution < -0.4 is 0 Å². The Morgan fingerprint density at radius 2 is 1.26 bits per heavy atom. The van der Waals surface area contributed by atoms with Crippen LogP contribution in [0.15, 0.2) is 95.5 Å². The van der Waals surface area contributed by atoms with Gasteiger partial charge in [-0.05, 0) is 17.5 Å². The molecule has 4 rings (SSSR count). The van der Waals surface area contributed by atoms with Gasteiger partial charge in [0.15, 0.2) is 5.76 Å². The number of hydrogen-bond donors (Lipinski definition) is 0. The predicted molar refractivity (Wildman–Crippen MR) is 107 cm³/mol. The summed E-state index contributed by atoms with van der Waals surface area (Å²) in [6, 6.07) is 31.2. The molecule has 0 saturated heterocycles. The Kier molecular flexibility index (Phi) is 4.84. The van der Waals surface area contributed by atoms with Crippen molar-refractivity contribution < 1.29 is 4.52 Å². The summed E-state index contributed by atoms with van der Waals surface area (Å²) >= 11 is 0. The Balaban J connectivity index is 2.02. The van der Waals surface area contributed by atoms with E-state index in [0.717, 1.165) is 29.9 Å². The third kappa shape index (κ3) is 3.06. The van der Waals surface area contributed by atoms with Crippen molar-refractivity contribution in [1.82, 2.24) is 10.4 Å². The maximum atomic E-state index is 5.88. The summed E-state index contributed by atoms with van der Waals surface area (Å²) in [6.07, 6.45) is 1.90. The summed E-state index contributed by atoms with van der Waals surface area (Å²) in [5, 5.41) is 8.34. The van der Waals surface area contributed by atoms with Crippen molar-refractivity contribution in [1.29, 1.82) is 0 Å². The predicted octanol–water partition coefficient (Wildman–Crippen LogP) is 5.87. The highest BCUT2D eigenvalue weighted by Gasteiger charge is 2.41. The van der Waals surface area contributed by atoms with Gasteiger partial charge in [0.25, 0.3) is 0 Å². The molecule has 0 N–H and O–H groups in total. The minimum absolute atomic E-state index is 0.439. The topological polar surface area (TPSA) is 38.9 Å². The van der Waals surface area contributed by atoms with Crippen molar-refractivity contribution in [2.75, 3.05) is 0 Å². The molecular formula is C24H22N2O. The van der Waals surface area contributed by atoms with Crippen molar-refractivity contribution >= 4 is 0 Å². The van der Waals surface area contributed by atoms with Gasteiger partial charge in [-0.1, -0.05) is 104 Å². The van der Waals surface area contributed by atoms with Crippen LogP contribution in [0, 0.1) is 0 Å². The van der Waals surface area contributed by atoms with Crippen LogP contribution in [0.2, 0.25) is 0 Å². The first-order chi connectivity index (χ1) is 13.4. The van der Waals surface area contributed by atoms with Gasteiger partial charge in [-0.15, -0.1) is 5.10 Å². The lowest BCUT2D eigenvalue weighted by molar-refractivity contribution is 0.318. The fraction of sp³-hybridized carbons (Fsp3) is 0.167. The van der Waals surface area contributed by atoms with E-state index in [4.69, 9.17) is 4.52 Å². The standard InChI is InChI=1S/C24H22N2O/c1-2-18-24(20-14-8-4-9-15-20,21-16-10-5-11-17-21)23-22(25-26-27-23)19-12-6-3-7-13-19/h3-17H,2,18H2,1H3. The van der Waals surface area contributed by atoms with Crippen LogP contribution in [0.4, 0.5) is 0 Å². The molecule has 0 fully saturated rings. The van der Waals surface area contributed by atoms with Crippen LogP contribution in [-0.4, -0.2) is 10.4 Å². The lowest BCUT2D eigenvalue weighted by Crippen LogP contribution is -2.29. The molecule has 0 radical (unpaired) electrons. The summed E-state index contributed by atoms with van der Waals surface area (Å²) < 4.78 is 5.88. The van der Waals surface area contributed by atoms with E-state index in [9.17, 15) is 0 Å². The Bertz CT molecular complexity index is 939. The van der Waals surface area contributed by atoms with Crippen molar-refractivity contribution in [2.45, 2.75) is 25.2 Å². The van der Waals surface area contributed by atoms with Crippen molar-refractivity contribution in [3.05, 3.63) is 108 Å². The molecule has 0 atom stereocenters. The van der Waals surface area contributed by atoms with Crippen LogP contribution in [-0.2, 0) is 5.41 Å². The molecule has 0 spiro atoms. The first-order valence-electron chi connectivity index (χ1n) is 9.35. The van der Waals surface area contributed by atoms with Gasteiger partial charge in [-0.3, -0.25) is 0 Å². The second-order valence-corrected chi connectivity index (χ2v) is 6.70. The molecule has 1 aromatic heterocycles. The molecule has 3 aromatic carbocycles. The molecule has 0 saturated carbocycles. The van der Waals surface area contributed by atoms with E-state index in [1.54, 1.807) is 0 Å². The number of rotatable bonds is 6. The molecule has 3 nitrogen and oxygen atoms in total. The zero-order valence-electron chi connectivity index (χ0n) is 15.4. The summed E-state index contributed by atoms with van der Waals surface area (Å²) in [4.78, 5) is 0. The number of aromatic nitrogens is 2. The average Bonchev–Trinajstić information content (AvgIpc) is 3.24. The van der Waals surface area contributed by atoms with Gasteiger partial charge in [-0.2, -0.15) is 0 Å². The summed E-state index contributed by atoms with van der Waals surface area (Å²) in [5.74, 6) is 0.799. The zero-order chi connectivity index (χ0) is 18.5. The van der Waals surface area contributed by atoms with Gasteiger partial charge in [-0.25, -0.2) is 0 Å². The van der Waals surface area contributed by atoms with E-state index in [0.29, 0.717) is 0 Å². The molecule has 4 aromatic rings. The van der Waals surface area contributed by atoms with Crippen LogP contribution >= 0.6 is 0 Å². The van der Waals surface area contributed by atoms with Gasteiger partial charge in [0.2, 0.25) is 0 Å². The first kappa shape index (κ1) is 17.2. The van der Waals surface area contributed by atoms with E-state index in [-0.39, 0.29) is 0 Å². The molecule has 0 unspecified atom stereocenters. The smallest absolute Gasteiger partial charge is 0.180 e. The molecule has 0 amide bonds.